The van der Waals surface area contributed by atoms with E-state index in [4.69, 9.17) is 0 Å². The highest BCUT2D eigenvalue weighted by Gasteiger charge is 2.12. The van der Waals surface area contributed by atoms with Crippen LogP contribution >= 0.6 is 11.8 Å². The molecule has 0 aliphatic rings. The van der Waals surface area contributed by atoms with Crippen molar-refractivity contribution in [1.82, 2.24) is 0 Å². The second-order valence-corrected chi connectivity index (χ2v) is 6.11. The Bertz CT molecular complexity index is 868. The van der Waals surface area contributed by atoms with Crippen LogP contribution < -0.4 is 5.32 Å². The van der Waals surface area contributed by atoms with E-state index in [0.29, 0.717) is 5.69 Å². The molecule has 0 spiro atoms. The van der Waals surface area contributed by atoms with Crippen molar-refractivity contribution in [2.45, 2.75) is 9.79 Å². The first-order valence-corrected chi connectivity index (χ1v) is 8.03. The minimum absolute atomic E-state index is 0.0633. The Morgan fingerprint density at radius 3 is 2.29 bits per heavy atom. The molecule has 0 fully saturated rings. The Hall–Kier alpha value is -2.66. The summed E-state index contributed by atoms with van der Waals surface area (Å²) in [5, 5.41) is 2.74. The molecule has 3 rings (SSSR count). The molecular weight excluding hydrogens is 328 g/mol. The minimum atomic E-state index is -1.05. The number of hydrogen-bond donors (Lipinski definition) is 1. The van der Waals surface area contributed by atoms with Crippen molar-refractivity contribution in [2.24, 2.45) is 0 Å². The number of anilines is 1. The van der Waals surface area contributed by atoms with Crippen LogP contribution in [-0.4, -0.2) is 5.91 Å². The molecule has 0 aromatic heterocycles. The summed E-state index contributed by atoms with van der Waals surface area (Å²) in [6.45, 7) is 0. The molecule has 0 aliphatic heterocycles. The van der Waals surface area contributed by atoms with Crippen molar-refractivity contribution in [2.75, 3.05) is 5.32 Å². The van der Waals surface area contributed by atoms with Crippen LogP contribution in [0.2, 0.25) is 0 Å². The first kappa shape index (κ1) is 16.2. The summed E-state index contributed by atoms with van der Waals surface area (Å²) in [6, 6.07) is 20.1. The first-order chi connectivity index (χ1) is 11.6. The van der Waals surface area contributed by atoms with Gasteiger partial charge in [0.05, 0.1) is 5.69 Å². The topological polar surface area (TPSA) is 29.1 Å². The lowest BCUT2D eigenvalue weighted by atomic mass is 10.2. The molecule has 0 aliphatic carbocycles. The Morgan fingerprint density at radius 1 is 0.833 bits per heavy atom. The lowest BCUT2D eigenvalue weighted by Crippen LogP contribution is -2.13. The van der Waals surface area contributed by atoms with Gasteiger partial charge in [-0.25, -0.2) is 8.78 Å². The van der Waals surface area contributed by atoms with E-state index in [1.165, 1.54) is 17.8 Å². The molecule has 0 atom stereocenters. The van der Waals surface area contributed by atoms with E-state index in [2.05, 4.69) is 5.32 Å². The van der Waals surface area contributed by atoms with Crippen molar-refractivity contribution in [3.8, 4) is 0 Å². The van der Waals surface area contributed by atoms with Crippen molar-refractivity contribution >= 4 is 23.4 Å². The van der Waals surface area contributed by atoms with Gasteiger partial charge in [-0.05, 0) is 42.5 Å². The molecule has 120 valence electrons. The van der Waals surface area contributed by atoms with Gasteiger partial charge >= 0.3 is 0 Å². The number of amides is 1. The Labute approximate surface area is 142 Å². The summed E-state index contributed by atoms with van der Waals surface area (Å²) in [4.78, 5) is 14.2. The third-order valence-electron chi connectivity index (χ3n) is 3.29. The number of para-hydroxylation sites is 1. The van der Waals surface area contributed by atoms with Crippen LogP contribution in [0.25, 0.3) is 0 Å². The van der Waals surface area contributed by atoms with Gasteiger partial charge in [-0.2, -0.15) is 0 Å². The van der Waals surface area contributed by atoms with Crippen LogP contribution in [0.1, 0.15) is 10.4 Å². The first-order valence-electron chi connectivity index (χ1n) is 7.22. The van der Waals surface area contributed by atoms with Crippen LogP contribution in [0.4, 0.5) is 14.5 Å². The average Bonchev–Trinajstić information content (AvgIpc) is 2.60. The van der Waals surface area contributed by atoms with Crippen molar-refractivity contribution < 1.29 is 13.6 Å². The molecule has 5 heteroatoms. The zero-order valence-corrected chi connectivity index (χ0v) is 13.3. The summed E-state index contributed by atoms with van der Waals surface area (Å²) in [7, 11) is 0. The van der Waals surface area contributed by atoms with Crippen LogP contribution in [0.15, 0.2) is 82.6 Å². The number of halogens is 2. The molecule has 1 N–H and O–H groups in total. The maximum atomic E-state index is 13.3. The molecule has 0 saturated carbocycles. The van der Waals surface area contributed by atoms with Gasteiger partial charge in [0.25, 0.3) is 5.91 Å². The van der Waals surface area contributed by atoms with Crippen molar-refractivity contribution in [3.05, 3.63) is 90.0 Å². The SMILES string of the molecule is O=C(Nc1ccccc1Sc1ccccc1)c1ccc(F)c(F)c1. The van der Waals surface area contributed by atoms with Crippen LogP contribution in [-0.2, 0) is 0 Å². The van der Waals surface area contributed by atoms with Crippen LogP contribution in [0.5, 0.6) is 0 Å². The molecular formula is C19H13F2NOS. The number of nitrogens with one attached hydrogen (secondary N) is 1. The second-order valence-electron chi connectivity index (χ2n) is 4.99. The fourth-order valence-corrected chi connectivity index (χ4v) is 3.03. The summed E-state index contributed by atoms with van der Waals surface area (Å²) < 4.78 is 26.3. The van der Waals surface area contributed by atoms with Gasteiger partial charge in [-0.3, -0.25) is 4.79 Å². The molecule has 2 nitrogen and oxygen atoms in total. The molecule has 0 bridgehead atoms. The molecule has 24 heavy (non-hydrogen) atoms. The molecule has 3 aromatic carbocycles. The van der Waals surface area contributed by atoms with Crippen molar-refractivity contribution in [1.29, 1.82) is 0 Å². The number of rotatable bonds is 4. The van der Waals surface area contributed by atoms with Gasteiger partial charge in [0, 0.05) is 15.4 Å². The number of benzene rings is 3. The summed E-state index contributed by atoms with van der Waals surface area (Å²) >= 11 is 1.51. The van der Waals surface area contributed by atoms with E-state index in [1.807, 2.05) is 42.5 Å². The highest BCUT2D eigenvalue weighted by Crippen LogP contribution is 2.33. The maximum Gasteiger partial charge on any atom is 0.255 e. The predicted octanol–water partition coefficient (Wildman–Crippen LogP) is 5.37. The maximum absolute atomic E-state index is 13.3. The smallest absolute Gasteiger partial charge is 0.255 e. The van der Waals surface area contributed by atoms with E-state index in [0.717, 1.165) is 21.9 Å². The van der Waals surface area contributed by atoms with Gasteiger partial charge < -0.3 is 5.32 Å². The van der Waals surface area contributed by atoms with Crippen molar-refractivity contribution in [3.63, 3.8) is 0 Å². The van der Waals surface area contributed by atoms with Gasteiger partial charge in [-0.15, -0.1) is 0 Å². The average molecular weight is 341 g/mol. The molecule has 3 aromatic rings. The highest BCUT2D eigenvalue weighted by atomic mass is 32.2. The number of carbonyl (C=O) groups is 1. The normalized spacial score (nSPS) is 10.4. The fourth-order valence-electron chi connectivity index (χ4n) is 2.11. The van der Waals surface area contributed by atoms with Gasteiger partial charge in [0.2, 0.25) is 0 Å². The Kier molecular flexibility index (Phi) is 4.91. The molecule has 0 radical (unpaired) electrons. The van der Waals surface area contributed by atoms with Gasteiger partial charge in [0.15, 0.2) is 11.6 Å². The fraction of sp³-hybridized carbons (Fsp3) is 0. The minimum Gasteiger partial charge on any atom is -0.321 e. The third-order valence-corrected chi connectivity index (χ3v) is 4.37. The monoisotopic (exact) mass is 341 g/mol. The number of hydrogen-bond acceptors (Lipinski definition) is 2. The number of carbonyl (C=O) groups excluding carboxylic acids is 1. The predicted molar refractivity (Wildman–Crippen MR) is 91.3 cm³/mol. The lowest BCUT2D eigenvalue weighted by molar-refractivity contribution is 0.102. The van der Waals surface area contributed by atoms with E-state index in [9.17, 15) is 13.6 Å². The van der Waals surface area contributed by atoms with E-state index >= 15 is 0 Å². The molecule has 0 saturated heterocycles. The largest absolute Gasteiger partial charge is 0.321 e. The molecule has 0 heterocycles. The summed E-state index contributed by atoms with van der Waals surface area (Å²) in [5.74, 6) is -2.52. The second kappa shape index (κ2) is 7.27. The highest BCUT2D eigenvalue weighted by molar-refractivity contribution is 7.99. The quantitative estimate of drug-likeness (QED) is 0.691. The standard InChI is InChI=1S/C19H13F2NOS/c20-15-11-10-13(12-16(15)21)19(23)22-17-8-4-5-9-18(17)24-14-6-2-1-3-7-14/h1-12H,(H,22,23). The molecule has 1 amide bonds. The van der Waals surface area contributed by atoms with E-state index in [1.54, 1.807) is 12.1 Å². The summed E-state index contributed by atoms with van der Waals surface area (Å²) in [5.41, 5.74) is 0.675. The van der Waals surface area contributed by atoms with E-state index in [-0.39, 0.29) is 5.56 Å². The third kappa shape index (κ3) is 3.81. The summed E-state index contributed by atoms with van der Waals surface area (Å²) in [6.07, 6.45) is 0. The molecule has 0 unspecified atom stereocenters. The Balaban J connectivity index is 1.82. The van der Waals surface area contributed by atoms with Crippen LogP contribution in [0, 0.1) is 11.6 Å². The zero-order valence-electron chi connectivity index (χ0n) is 12.5. The Morgan fingerprint density at radius 2 is 1.54 bits per heavy atom. The van der Waals surface area contributed by atoms with Gasteiger partial charge in [0.1, 0.15) is 0 Å². The van der Waals surface area contributed by atoms with E-state index < -0.39 is 17.5 Å². The van der Waals surface area contributed by atoms with Crippen LogP contribution in [0.3, 0.4) is 0 Å². The van der Waals surface area contributed by atoms with Gasteiger partial charge in [-0.1, -0.05) is 42.1 Å². The zero-order chi connectivity index (χ0) is 16.9. The lowest BCUT2D eigenvalue weighted by Gasteiger charge is -2.11.